The highest BCUT2D eigenvalue weighted by molar-refractivity contribution is 6.32. The number of anilines is 1. The highest BCUT2D eigenvalue weighted by atomic mass is 35.5. The van der Waals surface area contributed by atoms with Crippen LogP contribution in [0.2, 0.25) is 5.02 Å². The smallest absolute Gasteiger partial charge is 0.269 e. The SMILES string of the molecule is COc1cc(C(=O)Nc2ccc([N+](=O)[O-])cc2)cc(Cl)c1OCC(C)C. The molecule has 0 aromatic heterocycles. The van der Waals surface area contributed by atoms with E-state index in [1.807, 2.05) is 13.8 Å². The van der Waals surface area contributed by atoms with Crippen molar-refractivity contribution in [2.24, 2.45) is 5.92 Å². The molecule has 2 aromatic rings. The largest absolute Gasteiger partial charge is 0.493 e. The monoisotopic (exact) mass is 378 g/mol. The van der Waals surface area contributed by atoms with E-state index < -0.39 is 10.8 Å². The molecular formula is C18H19ClN2O5. The van der Waals surface area contributed by atoms with E-state index in [4.69, 9.17) is 21.1 Å². The molecule has 138 valence electrons. The van der Waals surface area contributed by atoms with Crippen molar-refractivity contribution in [1.82, 2.24) is 0 Å². The molecule has 0 radical (unpaired) electrons. The second-order valence-electron chi connectivity index (χ2n) is 5.95. The predicted octanol–water partition coefficient (Wildman–Crippen LogP) is 4.54. The fraction of sp³-hybridized carbons (Fsp3) is 0.278. The molecule has 0 bridgehead atoms. The molecule has 0 aliphatic rings. The molecule has 0 atom stereocenters. The molecule has 26 heavy (non-hydrogen) atoms. The summed E-state index contributed by atoms with van der Waals surface area (Å²) in [5.74, 6) is 0.622. The van der Waals surface area contributed by atoms with Gasteiger partial charge in [0.25, 0.3) is 11.6 Å². The average molecular weight is 379 g/mol. The Hall–Kier alpha value is -2.80. The first kappa shape index (κ1) is 19.5. The second kappa shape index (κ2) is 8.53. The molecule has 0 unspecified atom stereocenters. The van der Waals surface area contributed by atoms with Crippen LogP contribution in [0.4, 0.5) is 11.4 Å². The van der Waals surface area contributed by atoms with Crippen molar-refractivity contribution in [2.75, 3.05) is 19.0 Å². The molecule has 0 saturated carbocycles. The van der Waals surface area contributed by atoms with Crippen molar-refractivity contribution in [3.63, 3.8) is 0 Å². The van der Waals surface area contributed by atoms with Gasteiger partial charge in [-0.15, -0.1) is 0 Å². The van der Waals surface area contributed by atoms with Gasteiger partial charge in [-0.2, -0.15) is 0 Å². The first-order valence-corrected chi connectivity index (χ1v) is 8.25. The summed E-state index contributed by atoms with van der Waals surface area (Å²) in [4.78, 5) is 22.6. The van der Waals surface area contributed by atoms with Crippen LogP contribution in [0.5, 0.6) is 11.5 Å². The number of nitro groups is 1. The van der Waals surface area contributed by atoms with E-state index in [0.717, 1.165) is 0 Å². The van der Waals surface area contributed by atoms with Gasteiger partial charge in [0.2, 0.25) is 0 Å². The zero-order chi connectivity index (χ0) is 19.3. The lowest BCUT2D eigenvalue weighted by atomic mass is 10.1. The Morgan fingerprint density at radius 3 is 2.46 bits per heavy atom. The molecule has 0 fully saturated rings. The molecule has 8 heteroatoms. The number of methoxy groups -OCH3 is 1. The lowest BCUT2D eigenvalue weighted by Gasteiger charge is -2.15. The quantitative estimate of drug-likeness (QED) is 0.564. The minimum atomic E-state index is -0.508. The van der Waals surface area contributed by atoms with Gasteiger partial charge < -0.3 is 14.8 Å². The molecule has 7 nitrogen and oxygen atoms in total. The van der Waals surface area contributed by atoms with Gasteiger partial charge in [-0.05, 0) is 30.2 Å². The van der Waals surface area contributed by atoms with Gasteiger partial charge in [0, 0.05) is 23.4 Å². The Morgan fingerprint density at radius 2 is 1.92 bits per heavy atom. The molecule has 0 saturated heterocycles. The van der Waals surface area contributed by atoms with Gasteiger partial charge in [0.15, 0.2) is 11.5 Å². The van der Waals surface area contributed by atoms with Gasteiger partial charge in [0.05, 0.1) is 23.7 Å². The zero-order valence-corrected chi connectivity index (χ0v) is 15.4. The number of nitro benzene ring substituents is 1. The van der Waals surface area contributed by atoms with Crippen molar-refractivity contribution >= 4 is 28.9 Å². The third-order valence-corrected chi connectivity index (χ3v) is 3.67. The van der Waals surface area contributed by atoms with Crippen LogP contribution in [0.3, 0.4) is 0 Å². The first-order chi connectivity index (χ1) is 12.3. The fourth-order valence-electron chi connectivity index (χ4n) is 2.11. The molecule has 0 aliphatic carbocycles. The van der Waals surface area contributed by atoms with E-state index >= 15 is 0 Å². The minimum Gasteiger partial charge on any atom is -0.493 e. The Bertz CT molecular complexity index is 806. The third-order valence-electron chi connectivity index (χ3n) is 3.39. The second-order valence-corrected chi connectivity index (χ2v) is 6.36. The van der Waals surface area contributed by atoms with Crippen molar-refractivity contribution in [2.45, 2.75) is 13.8 Å². The van der Waals surface area contributed by atoms with Crippen LogP contribution in [0.1, 0.15) is 24.2 Å². The van der Waals surface area contributed by atoms with Crippen molar-refractivity contribution in [3.05, 3.63) is 57.1 Å². The minimum absolute atomic E-state index is 0.0561. The maximum Gasteiger partial charge on any atom is 0.269 e. The van der Waals surface area contributed by atoms with Crippen LogP contribution in [0.25, 0.3) is 0 Å². The molecule has 1 N–H and O–H groups in total. The van der Waals surface area contributed by atoms with Crippen molar-refractivity contribution in [3.8, 4) is 11.5 Å². The number of carbonyl (C=O) groups excluding carboxylic acids is 1. The van der Waals surface area contributed by atoms with E-state index in [1.54, 1.807) is 0 Å². The van der Waals surface area contributed by atoms with Crippen LogP contribution < -0.4 is 14.8 Å². The topological polar surface area (TPSA) is 90.7 Å². The van der Waals surface area contributed by atoms with E-state index in [9.17, 15) is 14.9 Å². The van der Waals surface area contributed by atoms with E-state index in [0.29, 0.717) is 29.7 Å². The summed E-state index contributed by atoms with van der Waals surface area (Å²) < 4.78 is 10.9. The average Bonchev–Trinajstić information content (AvgIpc) is 2.60. The fourth-order valence-corrected chi connectivity index (χ4v) is 2.38. The maximum absolute atomic E-state index is 12.4. The molecule has 0 heterocycles. The highest BCUT2D eigenvalue weighted by Gasteiger charge is 2.17. The van der Waals surface area contributed by atoms with Crippen LogP contribution in [0.15, 0.2) is 36.4 Å². The lowest BCUT2D eigenvalue weighted by molar-refractivity contribution is -0.384. The summed E-state index contributed by atoms with van der Waals surface area (Å²) in [6, 6.07) is 8.55. The highest BCUT2D eigenvalue weighted by Crippen LogP contribution is 2.37. The van der Waals surface area contributed by atoms with Gasteiger partial charge in [-0.25, -0.2) is 0 Å². The van der Waals surface area contributed by atoms with Crippen LogP contribution >= 0.6 is 11.6 Å². The number of ether oxygens (including phenoxy) is 2. The van der Waals surface area contributed by atoms with Gasteiger partial charge in [-0.3, -0.25) is 14.9 Å². The van der Waals surface area contributed by atoms with Gasteiger partial charge >= 0.3 is 0 Å². The molecule has 1 amide bonds. The summed E-state index contributed by atoms with van der Waals surface area (Å²) in [6.07, 6.45) is 0. The summed E-state index contributed by atoms with van der Waals surface area (Å²) in [5, 5.41) is 13.6. The summed E-state index contributed by atoms with van der Waals surface area (Å²) in [5.41, 5.74) is 0.650. The molecule has 2 rings (SSSR count). The Morgan fingerprint density at radius 1 is 1.27 bits per heavy atom. The Balaban J connectivity index is 2.20. The Labute approximate surface area is 156 Å². The standard InChI is InChI=1S/C18H19ClN2O5/c1-11(2)10-26-17-15(19)8-12(9-16(17)25-3)18(22)20-13-4-6-14(7-5-13)21(23)24/h4-9,11H,10H2,1-3H3,(H,20,22). The number of hydrogen-bond donors (Lipinski definition) is 1. The van der Waals surface area contributed by atoms with Gasteiger partial charge in [0.1, 0.15) is 0 Å². The summed E-state index contributed by atoms with van der Waals surface area (Å²) >= 11 is 6.24. The van der Waals surface area contributed by atoms with Crippen molar-refractivity contribution < 1.29 is 19.2 Å². The number of non-ortho nitro benzene ring substituents is 1. The molecule has 0 aliphatic heterocycles. The molecule has 2 aromatic carbocycles. The number of nitrogens with one attached hydrogen (secondary N) is 1. The van der Waals surface area contributed by atoms with Gasteiger partial charge in [-0.1, -0.05) is 25.4 Å². The number of halogens is 1. The van der Waals surface area contributed by atoms with E-state index in [-0.39, 0.29) is 16.3 Å². The summed E-state index contributed by atoms with van der Waals surface area (Å²) in [6.45, 7) is 4.48. The number of nitrogens with zero attached hydrogens (tertiary/aromatic N) is 1. The molecule has 0 spiro atoms. The zero-order valence-electron chi connectivity index (χ0n) is 14.6. The summed E-state index contributed by atoms with van der Waals surface area (Å²) in [7, 11) is 1.46. The van der Waals surface area contributed by atoms with Crippen LogP contribution in [-0.2, 0) is 0 Å². The number of benzene rings is 2. The number of hydrogen-bond acceptors (Lipinski definition) is 5. The Kier molecular flexibility index (Phi) is 6.41. The maximum atomic E-state index is 12.4. The number of carbonyl (C=O) groups is 1. The first-order valence-electron chi connectivity index (χ1n) is 7.88. The van der Waals surface area contributed by atoms with Crippen molar-refractivity contribution in [1.29, 1.82) is 0 Å². The number of amides is 1. The van der Waals surface area contributed by atoms with Crippen LogP contribution in [0, 0.1) is 16.0 Å². The predicted molar refractivity (Wildman–Crippen MR) is 99.4 cm³/mol. The lowest BCUT2D eigenvalue weighted by Crippen LogP contribution is -2.13. The van der Waals surface area contributed by atoms with E-state index in [1.165, 1.54) is 43.5 Å². The van der Waals surface area contributed by atoms with E-state index in [2.05, 4.69) is 5.32 Å². The van der Waals surface area contributed by atoms with Crippen LogP contribution in [-0.4, -0.2) is 24.5 Å². The normalized spacial score (nSPS) is 10.5. The number of rotatable bonds is 7. The third kappa shape index (κ3) is 4.86. The molecular weight excluding hydrogens is 360 g/mol.